The smallest absolute Gasteiger partial charge is 0.295 e. The predicted octanol–water partition coefficient (Wildman–Crippen LogP) is 2.41. The zero-order valence-corrected chi connectivity index (χ0v) is 21.7. The third kappa shape index (κ3) is 5.08. The maximum absolute atomic E-state index is 13.1. The van der Waals surface area contributed by atoms with Crippen LogP contribution in [0.25, 0.3) is 5.76 Å². The number of aliphatic hydroxyl groups excluding tert-OH is 1. The van der Waals surface area contributed by atoms with Gasteiger partial charge in [0.1, 0.15) is 5.76 Å². The number of benzene rings is 2. The van der Waals surface area contributed by atoms with Crippen LogP contribution in [0, 0.1) is 0 Å². The van der Waals surface area contributed by atoms with Crippen LogP contribution in [0.1, 0.15) is 23.6 Å². The Kier molecular flexibility index (Phi) is 8.39. The number of ketones is 1. The number of hydrogen-bond donors (Lipinski definition) is 1. The van der Waals surface area contributed by atoms with Gasteiger partial charge in [-0.1, -0.05) is 6.07 Å². The van der Waals surface area contributed by atoms with Gasteiger partial charge >= 0.3 is 0 Å². The number of amides is 1. The summed E-state index contributed by atoms with van der Waals surface area (Å²) in [6.07, 6.45) is 0.477. The van der Waals surface area contributed by atoms with E-state index >= 15 is 0 Å². The van der Waals surface area contributed by atoms with E-state index in [-0.39, 0.29) is 22.6 Å². The van der Waals surface area contributed by atoms with Crippen molar-refractivity contribution in [2.24, 2.45) is 0 Å². The van der Waals surface area contributed by atoms with Gasteiger partial charge in [0.2, 0.25) is 10.0 Å². The molecule has 0 aromatic heterocycles. The van der Waals surface area contributed by atoms with E-state index in [9.17, 15) is 23.1 Å². The summed E-state index contributed by atoms with van der Waals surface area (Å²) in [5, 5.41) is 11.2. The Morgan fingerprint density at radius 2 is 1.64 bits per heavy atom. The average Bonchev–Trinajstić information content (AvgIpc) is 3.13. The van der Waals surface area contributed by atoms with Crippen molar-refractivity contribution in [3.05, 3.63) is 59.2 Å². The molecule has 1 N–H and O–H groups in total. The largest absolute Gasteiger partial charge is 0.507 e. The van der Waals surface area contributed by atoms with Gasteiger partial charge in [-0.05, 0) is 48.4 Å². The van der Waals surface area contributed by atoms with Gasteiger partial charge in [-0.2, -0.15) is 0 Å². The number of Topliss-reactive ketones (excluding diaryl/α,β-unsaturated/α-hetero) is 1. The molecular weight excluding hydrogens is 488 g/mol. The summed E-state index contributed by atoms with van der Waals surface area (Å²) < 4.78 is 41.7. The van der Waals surface area contributed by atoms with Crippen LogP contribution >= 0.6 is 0 Å². The predicted molar refractivity (Wildman–Crippen MR) is 132 cm³/mol. The molecule has 1 saturated heterocycles. The SMILES string of the molecule is COCCCN1C(=O)C(=O)/C(=C(/O)c2ccc(S(=O)(=O)N(C)C)cc2)[C@H]1c1ccc(OC)c(OC)c1. The highest BCUT2D eigenvalue weighted by Crippen LogP contribution is 2.42. The number of likely N-dealkylation sites (tertiary alicyclic amines) is 1. The van der Waals surface area contributed by atoms with E-state index in [1.54, 1.807) is 25.3 Å². The first kappa shape index (κ1) is 27.2. The molecular formula is C25H30N2O8S. The van der Waals surface area contributed by atoms with Crippen LogP contribution < -0.4 is 9.47 Å². The van der Waals surface area contributed by atoms with Crippen molar-refractivity contribution < 1.29 is 37.3 Å². The Labute approximate surface area is 210 Å². The maximum Gasteiger partial charge on any atom is 0.295 e. The molecule has 1 atom stereocenters. The molecule has 1 heterocycles. The molecule has 1 amide bonds. The van der Waals surface area contributed by atoms with Gasteiger partial charge in [0.25, 0.3) is 11.7 Å². The lowest BCUT2D eigenvalue weighted by Gasteiger charge is -2.26. The monoisotopic (exact) mass is 518 g/mol. The minimum absolute atomic E-state index is 0.0282. The number of hydrogen-bond acceptors (Lipinski definition) is 8. The lowest BCUT2D eigenvalue weighted by atomic mass is 9.95. The molecule has 3 rings (SSSR count). The number of rotatable bonds is 10. The van der Waals surface area contributed by atoms with E-state index in [0.717, 1.165) is 4.31 Å². The van der Waals surface area contributed by atoms with Crippen LogP contribution in [0.15, 0.2) is 52.9 Å². The van der Waals surface area contributed by atoms with Crippen molar-refractivity contribution in [3.63, 3.8) is 0 Å². The minimum atomic E-state index is -3.68. The Bertz CT molecular complexity index is 1270. The minimum Gasteiger partial charge on any atom is -0.507 e. The number of ether oxygens (including phenoxy) is 3. The van der Waals surface area contributed by atoms with Crippen molar-refractivity contribution in [1.29, 1.82) is 0 Å². The number of nitrogens with zero attached hydrogens (tertiary/aromatic N) is 2. The van der Waals surface area contributed by atoms with Crippen LogP contribution in [0.5, 0.6) is 11.5 Å². The van der Waals surface area contributed by atoms with Crippen LogP contribution in [0.3, 0.4) is 0 Å². The number of sulfonamides is 1. The third-order valence-corrected chi connectivity index (χ3v) is 7.75. The molecule has 11 heteroatoms. The molecule has 0 aliphatic carbocycles. The average molecular weight is 519 g/mol. The van der Waals surface area contributed by atoms with Gasteiger partial charge < -0.3 is 24.2 Å². The van der Waals surface area contributed by atoms with Crippen molar-refractivity contribution in [1.82, 2.24) is 9.21 Å². The van der Waals surface area contributed by atoms with E-state index < -0.39 is 33.5 Å². The Morgan fingerprint density at radius 1 is 1.00 bits per heavy atom. The maximum atomic E-state index is 13.1. The molecule has 1 aliphatic rings. The van der Waals surface area contributed by atoms with E-state index in [2.05, 4.69) is 0 Å². The fourth-order valence-corrected chi connectivity index (χ4v) is 4.91. The summed E-state index contributed by atoms with van der Waals surface area (Å²) in [5.74, 6) is -1.13. The van der Waals surface area contributed by atoms with Gasteiger partial charge in [0, 0.05) is 39.9 Å². The Balaban J connectivity index is 2.15. The van der Waals surface area contributed by atoms with Crippen LogP contribution in [-0.2, 0) is 24.3 Å². The van der Waals surface area contributed by atoms with Crippen molar-refractivity contribution in [2.45, 2.75) is 17.4 Å². The van der Waals surface area contributed by atoms with Crippen LogP contribution in [0.2, 0.25) is 0 Å². The highest BCUT2D eigenvalue weighted by molar-refractivity contribution is 7.89. The Morgan fingerprint density at radius 3 is 2.19 bits per heavy atom. The second kappa shape index (κ2) is 11.1. The van der Waals surface area contributed by atoms with Crippen molar-refractivity contribution >= 4 is 27.5 Å². The number of methoxy groups -OCH3 is 3. The van der Waals surface area contributed by atoms with E-state index in [1.807, 2.05) is 0 Å². The zero-order valence-electron chi connectivity index (χ0n) is 20.8. The van der Waals surface area contributed by atoms with Crippen molar-refractivity contribution in [3.8, 4) is 11.5 Å². The molecule has 36 heavy (non-hydrogen) atoms. The van der Waals surface area contributed by atoms with E-state index in [4.69, 9.17) is 14.2 Å². The zero-order chi connectivity index (χ0) is 26.6. The summed E-state index contributed by atoms with van der Waals surface area (Å²) in [7, 11) is 3.66. The summed E-state index contributed by atoms with van der Waals surface area (Å²) >= 11 is 0. The second-order valence-electron chi connectivity index (χ2n) is 8.27. The van der Waals surface area contributed by atoms with E-state index in [1.165, 1.54) is 57.5 Å². The summed E-state index contributed by atoms with van der Waals surface area (Å²) in [5.41, 5.74) is 0.638. The molecule has 0 spiro atoms. The molecule has 0 radical (unpaired) electrons. The van der Waals surface area contributed by atoms with Crippen molar-refractivity contribution in [2.75, 3.05) is 48.6 Å². The molecule has 10 nitrogen and oxygen atoms in total. The number of carbonyl (C=O) groups excluding carboxylic acids is 2. The second-order valence-corrected chi connectivity index (χ2v) is 10.4. The van der Waals surface area contributed by atoms with Crippen LogP contribution in [-0.4, -0.2) is 83.0 Å². The van der Waals surface area contributed by atoms with Gasteiger partial charge in [-0.25, -0.2) is 12.7 Å². The summed E-state index contributed by atoms with van der Waals surface area (Å²) in [4.78, 5) is 27.6. The first-order valence-electron chi connectivity index (χ1n) is 11.1. The third-order valence-electron chi connectivity index (χ3n) is 5.92. The summed E-state index contributed by atoms with van der Waals surface area (Å²) in [6, 6.07) is 9.58. The van der Waals surface area contributed by atoms with Crippen LogP contribution in [0.4, 0.5) is 0 Å². The van der Waals surface area contributed by atoms with Gasteiger partial charge in [0.05, 0.1) is 30.7 Å². The van der Waals surface area contributed by atoms with E-state index in [0.29, 0.717) is 30.1 Å². The summed E-state index contributed by atoms with van der Waals surface area (Å²) in [6.45, 7) is 0.595. The molecule has 194 valence electrons. The first-order valence-corrected chi connectivity index (χ1v) is 12.5. The Hall–Kier alpha value is -3.41. The standard InChI is InChI=1S/C25H30N2O8S/c1-26(2)36(31,32)18-10-7-16(8-11-18)23(28)21-22(17-9-12-19(34-4)20(15-17)35-5)27(13-6-14-33-3)25(30)24(21)29/h7-12,15,22,28H,6,13-14H2,1-5H3/b23-21+/t22-/m1/s1. The topological polar surface area (TPSA) is 123 Å². The lowest BCUT2D eigenvalue weighted by molar-refractivity contribution is -0.140. The fourth-order valence-electron chi connectivity index (χ4n) is 4.01. The van der Waals surface area contributed by atoms with Gasteiger partial charge in [0.15, 0.2) is 11.5 Å². The van der Waals surface area contributed by atoms with Gasteiger partial charge in [-0.15, -0.1) is 0 Å². The molecule has 1 fully saturated rings. The molecule has 0 bridgehead atoms. The number of aliphatic hydroxyl groups is 1. The molecule has 1 aliphatic heterocycles. The first-order chi connectivity index (χ1) is 17.1. The van der Waals surface area contributed by atoms with Gasteiger partial charge in [-0.3, -0.25) is 9.59 Å². The lowest BCUT2D eigenvalue weighted by Crippen LogP contribution is -2.31. The normalized spacial score (nSPS) is 17.6. The highest BCUT2D eigenvalue weighted by atomic mass is 32.2. The quantitative estimate of drug-likeness (QED) is 0.220. The fraction of sp³-hybridized carbons (Fsp3) is 0.360. The molecule has 0 saturated carbocycles. The molecule has 0 unspecified atom stereocenters. The molecule has 2 aromatic carbocycles. The number of carbonyl (C=O) groups is 2. The highest BCUT2D eigenvalue weighted by Gasteiger charge is 2.46. The molecule has 2 aromatic rings.